The van der Waals surface area contributed by atoms with Gasteiger partial charge in [0.15, 0.2) is 0 Å². The lowest BCUT2D eigenvalue weighted by atomic mass is 10.1. The third-order valence-electron chi connectivity index (χ3n) is 5.61. The first-order valence-corrected chi connectivity index (χ1v) is 12.3. The maximum absolute atomic E-state index is 12.8. The Hall–Kier alpha value is -2.58. The lowest BCUT2D eigenvalue weighted by Crippen LogP contribution is -2.47. The number of hydrogen-bond acceptors (Lipinski definition) is 5. The molecule has 0 aliphatic carbocycles. The molecule has 1 amide bonds. The molecular weight excluding hydrogens is 414 g/mol. The molecular formula is C23H31N3O4S. The van der Waals surface area contributed by atoms with Crippen LogP contribution in [0.1, 0.15) is 23.6 Å². The minimum absolute atomic E-state index is 0.330. The summed E-state index contributed by atoms with van der Waals surface area (Å²) in [7, 11) is -3.64. The summed E-state index contributed by atoms with van der Waals surface area (Å²) in [4.78, 5) is 15.1. The van der Waals surface area contributed by atoms with Crippen LogP contribution in [0.3, 0.4) is 0 Å². The molecule has 0 bridgehead atoms. The fraction of sp³-hybridized carbons (Fsp3) is 0.435. The normalized spacial score (nSPS) is 15.4. The highest BCUT2D eigenvalue weighted by molar-refractivity contribution is 7.92. The fourth-order valence-corrected chi connectivity index (χ4v) is 4.82. The maximum atomic E-state index is 12.8. The van der Waals surface area contributed by atoms with Gasteiger partial charge >= 0.3 is 0 Å². The number of rotatable bonds is 7. The Kier molecular flexibility index (Phi) is 7.23. The standard InChI is InChI=1S/C23H31N3O4S/c1-17-5-8-22(15-18(17)2)26(31(4,28)29)19(3)23(27)24-16-20-6-9-21(10-7-20)25-11-13-30-14-12-25/h5-10,15,19H,11-14,16H2,1-4H3,(H,24,27)/t19-/m1/s1. The first kappa shape index (κ1) is 23.1. The summed E-state index contributed by atoms with van der Waals surface area (Å²) in [5, 5.41) is 2.87. The fourth-order valence-electron chi connectivity index (χ4n) is 3.65. The van der Waals surface area contributed by atoms with Gasteiger partial charge < -0.3 is 15.0 Å². The highest BCUT2D eigenvalue weighted by Gasteiger charge is 2.29. The molecule has 8 heteroatoms. The van der Waals surface area contributed by atoms with Crippen molar-refractivity contribution in [2.24, 2.45) is 0 Å². The number of aryl methyl sites for hydroxylation is 2. The molecule has 2 aromatic carbocycles. The summed E-state index contributed by atoms with van der Waals surface area (Å²) in [5.41, 5.74) is 4.61. The number of carbonyl (C=O) groups is 1. The minimum atomic E-state index is -3.64. The first-order chi connectivity index (χ1) is 14.7. The van der Waals surface area contributed by atoms with E-state index in [0.717, 1.165) is 54.9 Å². The number of benzene rings is 2. The summed E-state index contributed by atoms with van der Waals surface area (Å²) in [6.07, 6.45) is 1.12. The smallest absolute Gasteiger partial charge is 0.243 e. The second-order valence-corrected chi connectivity index (χ2v) is 9.85. The molecule has 0 unspecified atom stereocenters. The Morgan fingerprint density at radius 3 is 2.32 bits per heavy atom. The number of morpholine rings is 1. The first-order valence-electron chi connectivity index (χ1n) is 10.4. The minimum Gasteiger partial charge on any atom is -0.378 e. The van der Waals surface area contributed by atoms with Crippen molar-refractivity contribution in [3.8, 4) is 0 Å². The largest absolute Gasteiger partial charge is 0.378 e. The van der Waals surface area contributed by atoms with Crippen molar-refractivity contribution in [1.82, 2.24) is 5.32 Å². The molecule has 0 radical (unpaired) electrons. The van der Waals surface area contributed by atoms with Gasteiger partial charge in [-0.2, -0.15) is 0 Å². The molecule has 1 atom stereocenters. The van der Waals surface area contributed by atoms with Gasteiger partial charge in [0.2, 0.25) is 15.9 Å². The summed E-state index contributed by atoms with van der Waals surface area (Å²) >= 11 is 0. The highest BCUT2D eigenvalue weighted by atomic mass is 32.2. The quantitative estimate of drug-likeness (QED) is 0.709. The van der Waals surface area contributed by atoms with Crippen LogP contribution in [-0.2, 0) is 26.1 Å². The predicted octanol–water partition coefficient (Wildman–Crippen LogP) is 2.61. The number of sulfonamides is 1. The topological polar surface area (TPSA) is 79.0 Å². The number of nitrogens with zero attached hydrogens (tertiary/aromatic N) is 2. The molecule has 1 heterocycles. The zero-order chi connectivity index (χ0) is 22.6. The second kappa shape index (κ2) is 9.70. The zero-order valence-electron chi connectivity index (χ0n) is 18.6. The van der Waals surface area contributed by atoms with E-state index in [9.17, 15) is 13.2 Å². The maximum Gasteiger partial charge on any atom is 0.243 e. The SMILES string of the molecule is Cc1ccc(N([C@H](C)C(=O)NCc2ccc(N3CCOCC3)cc2)S(C)(=O)=O)cc1C. The second-order valence-electron chi connectivity index (χ2n) is 7.99. The van der Waals surface area contributed by atoms with Crippen molar-refractivity contribution < 1.29 is 17.9 Å². The van der Waals surface area contributed by atoms with E-state index in [1.807, 2.05) is 44.2 Å². The van der Waals surface area contributed by atoms with E-state index in [1.54, 1.807) is 19.1 Å². The average Bonchev–Trinajstić information content (AvgIpc) is 2.74. The summed E-state index contributed by atoms with van der Waals surface area (Å²) in [5.74, 6) is -0.346. The van der Waals surface area contributed by atoms with E-state index in [0.29, 0.717) is 12.2 Å². The molecule has 1 saturated heterocycles. The van der Waals surface area contributed by atoms with E-state index >= 15 is 0 Å². The number of ether oxygens (including phenoxy) is 1. The van der Waals surface area contributed by atoms with Gasteiger partial charge in [-0.15, -0.1) is 0 Å². The van der Waals surface area contributed by atoms with Crippen molar-refractivity contribution in [3.63, 3.8) is 0 Å². The molecule has 1 aliphatic rings. The van der Waals surface area contributed by atoms with Crippen molar-refractivity contribution in [3.05, 3.63) is 59.2 Å². The molecule has 2 aromatic rings. The van der Waals surface area contributed by atoms with E-state index in [1.165, 1.54) is 4.31 Å². The molecule has 168 valence electrons. The molecule has 3 rings (SSSR count). The van der Waals surface area contributed by atoms with Gasteiger partial charge in [-0.3, -0.25) is 9.10 Å². The number of carbonyl (C=O) groups excluding carboxylic acids is 1. The Bertz CT molecular complexity index is 1020. The lowest BCUT2D eigenvalue weighted by Gasteiger charge is -2.29. The lowest BCUT2D eigenvalue weighted by molar-refractivity contribution is -0.122. The number of nitrogens with one attached hydrogen (secondary N) is 1. The van der Waals surface area contributed by atoms with Crippen LogP contribution in [-0.4, -0.2) is 52.9 Å². The van der Waals surface area contributed by atoms with Gasteiger partial charge in [-0.05, 0) is 61.7 Å². The molecule has 0 aromatic heterocycles. The number of hydrogen-bond donors (Lipinski definition) is 1. The van der Waals surface area contributed by atoms with E-state index < -0.39 is 16.1 Å². The van der Waals surface area contributed by atoms with Crippen LogP contribution in [0.5, 0.6) is 0 Å². The van der Waals surface area contributed by atoms with E-state index in [-0.39, 0.29) is 5.91 Å². The van der Waals surface area contributed by atoms with Crippen LogP contribution < -0.4 is 14.5 Å². The highest BCUT2D eigenvalue weighted by Crippen LogP contribution is 2.24. The summed E-state index contributed by atoms with van der Waals surface area (Å²) in [6.45, 7) is 9.01. The third-order valence-corrected chi connectivity index (χ3v) is 6.85. The molecule has 0 spiro atoms. The van der Waals surface area contributed by atoms with Gasteiger partial charge in [0, 0.05) is 25.3 Å². The Morgan fingerprint density at radius 1 is 1.10 bits per heavy atom. The van der Waals surface area contributed by atoms with Crippen LogP contribution in [0, 0.1) is 13.8 Å². The molecule has 31 heavy (non-hydrogen) atoms. The van der Waals surface area contributed by atoms with E-state index in [2.05, 4.69) is 10.2 Å². The van der Waals surface area contributed by atoms with Crippen molar-refractivity contribution >= 4 is 27.3 Å². The van der Waals surface area contributed by atoms with Crippen LogP contribution in [0.4, 0.5) is 11.4 Å². The van der Waals surface area contributed by atoms with Gasteiger partial charge in [0.05, 0.1) is 25.2 Å². The van der Waals surface area contributed by atoms with Gasteiger partial charge in [0.25, 0.3) is 0 Å². The van der Waals surface area contributed by atoms with Gasteiger partial charge in [-0.25, -0.2) is 8.42 Å². The van der Waals surface area contributed by atoms with Crippen LogP contribution >= 0.6 is 0 Å². The third kappa shape index (κ3) is 5.77. The predicted molar refractivity (Wildman–Crippen MR) is 124 cm³/mol. The van der Waals surface area contributed by atoms with Gasteiger partial charge in [0.1, 0.15) is 6.04 Å². The molecule has 1 fully saturated rings. The van der Waals surface area contributed by atoms with Crippen molar-refractivity contribution in [1.29, 1.82) is 0 Å². The van der Waals surface area contributed by atoms with Crippen molar-refractivity contribution in [2.75, 3.05) is 41.8 Å². The Balaban J connectivity index is 1.67. The number of amides is 1. The average molecular weight is 446 g/mol. The van der Waals surface area contributed by atoms with Crippen LogP contribution in [0.2, 0.25) is 0 Å². The zero-order valence-corrected chi connectivity index (χ0v) is 19.4. The van der Waals surface area contributed by atoms with Crippen molar-refractivity contribution in [2.45, 2.75) is 33.4 Å². The molecule has 1 N–H and O–H groups in total. The Labute approximate surface area is 185 Å². The number of anilines is 2. The van der Waals surface area contributed by atoms with Crippen LogP contribution in [0.15, 0.2) is 42.5 Å². The molecule has 1 aliphatic heterocycles. The van der Waals surface area contributed by atoms with E-state index in [4.69, 9.17) is 4.74 Å². The summed E-state index contributed by atoms with van der Waals surface area (Å²) < 4.78 is 31.5. The molecule has 7 nitrogen and oxygen atoms in total. The van der Waals surface area contributed by atoms with Crippen LogP contribution in [0.25, 0.3) is 0 Å². The van der Waals surface area contributed by atoms with Gasteiger partial charge in [-0.1, -0.05) is 18.2 Å². The molecule has 0 saturated carbocycles. The Morgan fingerprint density at radius 2 is 1.74 bits per heavy atom. The monoisotopic (exact) mass is 445 g/mol. The summed E-state index contributed by atoms with van der Waals surface area (Å²) in [6, 6.07) is 12.6.